The van der Waals surface area contributed by atoms with E-state index in [0.29, 0.717) is 52.0 Å². The Morgan fingerprint density at radius 2 is 1.89 bits per heavy atom. The van der Waals surface area contributed by atoms with Gasteiger partial charge in [0.2, 0.25) is 5.91 Å². The number of nitrogens with zero attached hydrogens (tertiary/aromatic N) is 6. The maximum atomic E-state index is 14.8. The first-order valence-electron chi connectivity index (χ1n) is 15.0. The van der Waals surface area contributed by atoms with Gasteiger partial charge in [0, 0.05) is 47.4 Å². The van der Waals surface area contributed by atoms with Gasteiger partial charge in [-0.1, -0.05) is 13.8 Å². The normalized spacial score (nSPS) is 13.7. The molecule has 0 atom stereocenters. The minimum absolute atomic E-state index is 0.0901. The molecular formula is C33H32FN9O2. The van der Waals surface area contributed by atoms with Crippen molar-refractivity contribution in [2.45, 2.75) is 26.7 Å². The molecule has 1 aliphatic heterocycles. The Bertz CT molecular complexity index is 2010. The van der Waals surface area contributed by atoms with Gasteiger partial charge in [-0.25, -0.2) is 9.37 Å². The summed E-state index contributed by atoms with van der Waals surface area (Å²) in [6, 6.07) is 10.2. The van der Waals surface area contributed by atoms with E-state index in [9.17, 15) is 9.18 Å². The average Bonchev–Trinajstić information content (AvgIpc) is 3.80. The van der Waals surface area contributed by atoms with Gasteiger partial charge in [-0.3, -0.25) is 29.7 Å². The lowest BCUT2D eigenvalue weighted by atomic mass is 10.1. The number of likely N-dealkylation sites (tertiary alicyclic amines) is 1. The van der Waals surface area contributed by atoms with Gasteiger partial charge in [0.15, 0.2) is 5.82 Å². The van der Waals surface area contributed by atoms with Crippen molar-refractivity contribution in [3.8, 4) is 39.8 Å². The maximum Gasteiger partial charge on any atom is 0.226 e. The van der Waals surface area contributed by atoms with E-state index in [-0.39, 0.29) is 11.8 Å². The molecule has 6 aromatic rings. The summed E-state index contributed by atoms with van der Waals surface area (Å²) < 4.78 is 20.7. The first-order valence-corrected chi connectivity index (χ1v) is 15.0. The molecular weight excluding hydrogens is 573 g/mol. The van der Waals surface area contributed by atoms with Crippen molar-refractivity contribution in [1.82, 2.24) is 40.0 Å². The number of amides is 1. The lowest BCUT2D eigenvalue weighted by Crippen LogP contribution is -2.25. The predicted octanol–water partition coefficient (Wildman–Crippen LogP) is 5.83. The molecule has 12 heteroatoms. The van der Waals surface area contributed by atoms with E-state index in [2.05, 4.69) is 40.3 Å². The van der Waals surface area contributed by atoms with Gasteiger partial charge in [0.25, 0.3) is 0 Å². The topological polar surface area (TPSA) is 138 Å². The molecule has 5 aromatic heterocycles. The van der Waals surface area contributed by atoms with Crippen LogP contribution in [0, 0.1) is 11.7 Å². The van der Waals surface area contributed by atoms with Crippen LogP contribution in [0.5, 0.6) is 5.75 Å². The van der Waals surface area contributed by atoms with Gasteiger partial charge >= 0.3 is 0 Å². The number of rotatable bonds is 9. The molecule has 228 valence electrons. The molecule has 6 heterocycles. The van der Waals surface area contributed by atoms with Crippen molar-refractivity contribution in [2.24, 2.45) is 5.92 Å². The highest BCUT2D eigenvalue weighted by atomic mass is 19.1. The minimum Gasteiger partial charge on any atom is -0.492 e. The number of hydrogen-bond acceptors (Lipinski definition) is 8. The predicted molar refractivity (Wildman–Crippen MR) is 170 cm³/mol. The number of aromatic nitrogens is 7. The minimum atomic E-state index is -0.404. The van der Waals surface area contributed by atoms with Crippen LogP contribution in [0.2, 0.25) is 0 Å². The maximum absolute atomic E-state index is 14.8. The monoisotopic (exact) mass is 605 g/mol. The summed E-state index contributed by atoms with van der Waals surface area (Å²) in [5.74, 6) is 0.334. The van der Waals surface area contributed by atoms with Crippen molar-refractivity contribution in [3.05, 3.63) is 67.0 Å². The van der Waals surface area contributed by atoms with Gasteiger partial charge < -0.3 is 15.0 Å². The van der Waals surface area contributed by atoms with Crippen LogP contribution in [-0.2, 0) is 4.79 Å². The number of aromatic amines is 2. The largest absolute Gasteiger partial charge is 0.492 e. The summed E-state index contributed by atoms with van der Waals surface area (Å²) in [6.07, 6.45) is 9.09. The number of pyridine rings is 3. The Balaban J connectivity index is 1.20. The highest BCUT2D eigenvalue weighted by Crippen LogP contribution is 2.33. The van der Waals surface area contributed by atoms with E-state index >= 15 is 0 Å². The Kier molecular flexibility index (Phi) is 7.64. The van der Waals surface area contributed by atoms with Crippen LogP contribution in [0.15, 0.2) is 61.2 Å². The number of halogens is 1. The van der Waals surface area contributed by atoms with Crippen LogP contribution in [-0.4, -0.2) is 72.2 Å². The SMILES string of the molecule is CC(C)C(=O)Nc1cncc(-c2cc3c(-c4nc5c(-c6cc(F)cc(OCCN7CCCC7)c6)nccc5[nH]4)n[nH]c3cn2)c1. The summed E-state index contributed by atoms with van der Waals surface area (Å²) in [6.45, 7) is 7.13. The lowest BCUT2D eigenvalue weighted by Gasteiger charge is -2.15. The zero-order valence-corrected chi connectivity index (χ0v) is 25.0. The number of carbonyl (C=O) groups is 1. The molecule has 45 heavy (non-hydrogen) atoms. The number of hydrogen-bond donors (Lipinski definition) is 3. The van der Waals surface area contributed by atoms with Crippen molar-refractivity contribution in [3.63, 3.8) is 0 Å². The molecule has 0 spiro atoms. The van der Waals surface area contributed by atoms with E-state index in [4.69, 9.17) is 9.72 Å². The molecule has 1 aliphatic rings. The molecule has 1 fully saturated rings. The quantitative estimate of drug-likeness (QED) is 0.187. The van der Waals surface area contributed by atoms with E-state index in [1.165, 1.54) is 25.0 Å². The number of benzene rings is 1. The van der Waals surface area contributed by atoms with E-state index < -0.39 is 5.82 Å². The Morgan fingerprint density at radius 3 is 2.73 bits per heavy atom. The van der Waals surface area contributed by atoms with Gasteiger partial charge in [0.1, 0.15) is 29.4 Å². The van der Waals surface area contributed by atoms with Crippen LogP contribution in [0.3, 0.4) is 0 Å². The van der Waals surface area contributed by atoms with Crippen LogP contribution in [0.25, 0.3) is 56.0 Å². The highest BCUT2D eigenvalue weighted by molar-refractivity contribution is 5.97. The molecule has 0 radical (unpaired) electrons. The first-order chi connectivity index (χ1) is 21.9. The number of H-pyrrole nitrogens is 2. The van der Waals surface area contributed by atoms with E-state index in [1.54, 1.807) is 30.9 Å². The number of carbonyl (C=O) groups excluding carboxylic acids is 1. The van der Waals surface area contributed by atoms with Gasteiger partial charge in [-0.15, -0.1) is 0 Å². The molecule has 0 aliphatic carbocycles. The molecule has 1 aromatic carbocycles. The number of fused-ring (bicyclic) bond motifs is 2. The highest BCUT2D eigenvalue weighted by Gasteiger charge is 2.18. The van der Waals surface area contributed by atoms with Gasteiger partial charge in [-0.05, 0) is 56.3 Å². The van der Waals surface area contributed by atoms with Crippen molar-refractivity contribution >= 4 is 33.5 Å². The summed E-state index contributed by atoms with van der Waals surface area (Å²) in [7, 11) is 0. The summed E-state index contributed by atoms with van der Waals surface area (Å²) >= 11 is 0. The second-order valence-electron chi connectivity index (χ2n) is 11.5. The fraction of sp³-hybridized carbons (Fsp3) is 0.273. The van der Waals surface area contributed by atoms with Crippen LogP contribution >= 0.6 is 0 Å². The molecule has 3 N–H and O–H groups in total. The smallest absolute Gasteiger partial charge is 0.226 e. The van der Waals surface area contributed by atoms with Crippen molar-refractivity contribution < 1.29 is 13.9 Å². The van der Waals surface area contributed by atoms with E-state index in [1.807, 2.05) is 32.0 Å². The molecule has 7 rings (SSSR count). The van der Waals surface area contributed by atoms with E-state index in [0.717, 1.165) is 41.6 Å². The zero-order valence-electron chi connectivity index (χ0n) is 25.0. The van der Waals surface area contributed by atoms with Crippen molar-refractivity contribution in [1.29, 1.82) is 0 Å². The fourth-order valence-electron chi connectivity index (χ4n) is 5.53. The summed E-state index contributed by atoms with van der Waals surface area (Å²) in [5.41, 5.74) is 5.75. The number of anilines is 1. The van der Waals surface area contributed by atoms with Crippen LogP contribution in [0.4, 0.5) is 10.1 Å². The number of ether oxygens (including phenoxy) is 1. The number of imidazole rings is 1. The zero-order chi connectivity index (χ0) is 30.9. The average molecular weight is 606 g/mol. The lowest BCUT2D eigenvalue weighted by molar-refractivity contribution is -0.118. The van der Waals surface area contributed by atoms with Gasteiger partial charge in [-0.2, -0.15) is 5.10 Å². The second kappa shape index (κ2) is 12.0. The molecule has 0 bridgehead atoms. The third-order valence-electron chi connectivity index (χ3n) is 7.92. The van der Waals surface area contributed by atoms with Crippen molar-refractivity contribution in [2.75, 3.05) is 31.6 Å². The third kappa shape index (κ3) is 5.96. The summed E-state index contributed by atoms with van der Waals surface area (Å²) in [4.78, 5) is 36.2. The second-order valence-corrected chi connectivity index (χ2v) is 11.5. The Morgan fingerprint density at radius 1 is 1.02 bits per heavy atom. The molecule has 11 nitrogen and oxygen atoms in total. The van der Waals surface area contributed by atoms with Crippen LogP contribution in [0.1, 0.15) is 26.7 Å². The fourth-order valence-corrected chi connectivity index (χ4v) is 5.53. The standard InChI is InChI=1S/C33H32FN9O2/c1-19(2)33(44)38-23-12-21(16-35-17-23)27-15-25-28(18-37-27)41-42-30(25)32-39-26-5-6-36-29(31(26)40-32)20-11-22(34)14-24(13-20)45-10-9-43-7-3-4-8-43/h5-6,11-19H,3-4,7-10H2,1-2H3,(H,38,44)(H,39,40)(H,41,42). The number of nitrogens with one attached hydrogen (secondary N) is 3. The Labute approximate surface area is 258 Å². The summed E-state index contributed by atoms with van der Waals surface area (Å²) in [5, 5.41) is 11.2. The third-order valence-corrected chi connectivity index (χ3v) is 7.92. The molecule has 1 amide bonds. The van der Waals surface area contributed by atoms with Gasteiger partial charge in [0.05, 0.1) is 40.5 Å². The molecule has 0 saturated carbocycles. The van der Waals surface area contributed by atoms with Crippen LogP contribution < -0.4 is 10.1 Å². The first kappa shape index (κ1) is 28.5. The molecule has 0 unspecified atom stereocenters. The Hall–Kier alpha value is -5.23. The molecule has 1 saturated heterocycles.